The molecule has 0 N–H and O–H groups in total. The van der Waals surface area contributed by atoms with E-state index in [0.717, 1.165) is 29.2 Å². The van der Waals surface area contributed by atoms with E-state index in [1.165, 1.54) is 21.7 Å². The van der Waals surface area contributed by atoms with E-state index in [1.54, 1.807) is 11.3 Å². The van der Waals surface area contributed by atoms with Crippen LogP contribution in [-0.2, 0) is 6.42 Å². The molecular weight excluding hydrogens is 394 g/mol. The number of benzene rings is 2. The maximum Gasteiger partial charge on any atom is 0.207 e. The molecule has 0 fully saturated rings. The van der Waals surface area contributed by atoms with Crippen LogP contribution in [0.15, 0.2) is 82.6 Å². The molecule has 1 aliphatic carbocycles. The standard InChI is InChI=1S/C24H19N3S2/c1-2-8-17(9-3-1)20-15-29-24(25-20)27-23(21-11-6-14-28-21)19-13-12-16-7-4-5-10-18(16)22(19)26-27/h1-11,14-15,19,23H,12-13H2/t19-,23-/m1/s1. The predicted octanol–water partition coefficient (Wildman–Crippen LogP) is 6.40. The number of aryl methyl sites for hydroxylation is 1. The van der Waals surface area contributed by atoms with Gasteiger partial charge in [-0.25, -0.2) is 9.99 Å². The van der Waals surface area contributed by atoms with E-state index >= 15 is 0 Å². The molecule has 2 atom stereocenters. The summed E-state index contributed by atoms with van der Waals surface area (Å²) in [5.41, 5.74) is 6.12. The van der Waals surface area contributed by atoms with Gasteiger partial charge in [-0.2, -0.15) is 5.10 Å². The zero-order chi connectivity index (χ0) is 19.2. The maximum absolute atomic E-state index is 5.17. The lowest BCUT2D eigenvalue weighted by atomic mass is 9.79. The molecule has 2 aromatic heterocycles. The lowest BCUT2D eigenvalue weighted by molar-refractivity contribution is 0.516. The summed E-state index contributed by atoms with van der Waals surface area (Å²) in [6.45, 7) is 0. The van der Waals surface area contributed by atoms with Crippen molar-refractivity contribution in [3.8, 4) is 11.3 Å². The van der Waals surface area contributed by atoms with Crippen molar-refractivity contribution in [3.05, 3.63) is 93.5 Å². The third-order valence-corrected chi connectivity index (χ3v) is 7.59. The topological polar surface area (TPSA) is 28.5 Å². The van der Waals surface area contributed by atoms with E-state index in [2.05, 4.69) is 76.4 Å². The number of nitrogens with zero attached hydrogens (tertiary/aromatic N) is 3. The lowest BCUT2D eigenvalue weighted by Crippen LogP contribution is -2.28. The first-order valence-electron chi connectivity index (χ1n) is 9.89. The highest BCUT2D eigenvalue weighted by Crippen LogP contribution is 2.47. The summed E-state index contributed by atoms with van der Waals surface area (Å²) in [6.07, 6.45) is 2.24. The molecule has 4 aromatic rings. The van der Waals surface area contributed by atoms with Crippen molar-refractivity contribution in [2.24, 2.45) is 11.0 Å². The van der Waals surface area contributed by atoms with Crippen molar-refractivity contribution < 1.29 is 0 Å². The van der Waals surface area contributed by atoms with Gasteiger partial charge in [-0.05, 0) is 29.9 Å². The Bertz CT molecular complexity index is 1180. The Morgan fingerprint density at radius 2 is 1.76 bits per heavy atom. The van der Waals surface area contributed by atoms with Crippen molar-refractivity contribution in [2.75, 3.05) is 5.01 Å². The number of thiophene rings is 1. The molecule has 0 unspecified atom stereocenters. The third-order valence-electron chi connectivity index (χ3n) is 5.82. The van der Waals surface area contributed by atoms with Gasteiger partial charge < -0.3 is 0 Å². The van der Waals surface area contributed by atoms with E-state index in [4.69, 9.17) is 10.1 Å². The second kappa shape index (κ2) is 6.94. The highest BCUT2D eigenvalue weighted by Gasteiger charge is 2.43. The molecule has 3 heterocycles. The molecule has 0 amide bonds. The second-order valence-corrected chi connectivity index (χ2v) is 9.29. The van der Waals surface area contributed by atoms with Crippen LogP contribution in [0.2, 0.25) is 0 Å². The molecule has 0 spiro atoms. The number of rotatable bonds is 3. The summed E-state index contributed by atoms with van der Waals surface area (Å²) in [4.78, 5) is 6.34. The molecule has 0 radical (unpaired) electrons. The molecule has 1 aliphatic heterocycles. The summed E-state index contributed by atoms with van der Waals surface area (Å²) in [6, 6.07) is 23.7. The number of thiazole rings is 1. The van der Waals surface area contributed by atoms with Crippen LogP contribution in [-0.4, -0.2) is 10.7 Å². The monoisotopic (exact) mass is 413 g/mol. The smallest absolute Gasteiger partial charge is 0.207 e. The van der Waals surface area contributed by atoms with Gasteiger partial charge in [-0.15, -0.1) is 22.7 Å². The van der Waals surface area contributed by atoms with Gasteiger partial charge in [-0.1, -0.05) is 60.7 Å². The fourth-order valence-electron chi connectivity index (χ4n) is 4.47. The van der Waals surface area contributed by atoms with Gasteiger partial charge in [0.05, 0.1) is 17.4 Å². The molecule has 5 heteroatoms. The molecule has 6 rings (SSSR count). The lowest BCUT2D eigenvalue weighted by Gasteiger charge is -2.28. The van der Waals surface area contributed by atoms with Gasteiger partial charge in [0.15, 0.2) is 0 Å². The Balaban J connectivity index is 1.45. The highest BCUT2D eigenvalue weighted by atomic mass is 32.1. The molecule has 2 aromatic carbocycles. The van der Waals surface area contributed by atoms with Gasteiger partial charge in [0.1, 0.15) is 0 Å². The van der Waals surface area contributed by atoms with Gasteiger partial charge in [0.25, 0.3) is 0 Å². The first kappa shape index (κ1) is 17.1. The Morgan fingerprint density at radius 1 is 0.897 bits per heavy atom. The van der Waals surface area contributed by atoms with Gasteiger partial charge in [0.2, 0.25) is 5.13 Å². The van der Waals surface area contributed by atoms with E-state index in [-0.39, 0.29) is 6.04 Å². The third kappa shape index (κ3) is 2.84. The van der Waals surface area contributed by atoms with Gasteiger partial charge >= 0.3 is 0 Å². The Labute approximate surface area is 178 Å². The Kier molecular flexibility index (Phi) is 4.10. The summed E-state index contributed by atoms with van der Waals surface area (Å²) in [5.74, 6) is 0.410. The van der Waals surface area contributed by atoms with Gasteiger partial charge in [-0.3, -0.25) is 0 Å². The first-order chi connectivity index (χ1) is 14.4. The van der Waals surface area contributed by atoms with E-state index in [1.807, 2.05) is 17.4 Å². The van der Waals surface area contributed by atoms with Crippen LogP contribution >= 0.6 is 22.7 Å². The van der Waals surface area contributed by atoms with Crippen LogP contribution in [0.4, 0.5) is 5.13 Å². The Hall–Kier alpha value is -2.76. The number of hydrogen-bond acceptors (Lipinski definition) is 5. The molecular formula is C24H19N3S2. The van der Waals surface area contributed by atoms with Crippen LogP contribution in [0.5, 0.6) is 0 Å². The second-order valence-electron chi connectivity index (χ2n) is 7.47. The molecule has 0 saturated heterocycles. The van der Waals surface area contributed by atoms with Gasteiger partial charge in [0, 0.05) is 27.3 Å². The van der Waals surface area contributed by atoms with E-state index in [9.17, 15) is 0 Å². The molecule has 0 bridgehead atoms. The van der Waals surface area contributed by atoms with Crippen LogP contribution in [0.1, 0.15) is 28.5 Å². The molecule has 29 heavy (non-hydrogen) atoms. The fourth-order valence-corrected chi connectivity index (χ4v) is 6.17. The molecule has 0 saturated carbocycles. The average Bonchev–Trinajstić information content (AvgIpc) is 3.53. The summed E-state index contributed by atoms with van der Waals surface area (Å²) in [5, 5.41) is 12.6. The van der Waals surface area contributed by atoms with Crippen molar-refractivity contribution in [1.82, 2.24) is 4.98 Å². The predicted molar refractivity (Wildman–Crippen MR) is 122 cm³/mol. The highest BCUT2D eigenvalue weighted by molar-refractivity contribution is 7.14. The molecule has 3 nitrogen and oxygen atoms in total. The molecule has 142 valence electrons. The zero-order valence-electron chi connectivity index (χ0n) is 15.7. The number of aromatic nitrogens is 1. The summed E-state index contributed by atoms with van der Waals surface area (Å²) < 4.78 is 0. The van der Waals surface area contributed by atoms with Crippen LogP contribution in [0, 0.1) is 5.92 Å². The van der Waals surface area contributed by atoms with Crippen molar-refractivity contribution >= 4 is 33.5 Å². The summed E-state index contributed by atoms with van der Waals surface area (Å²) >= 11 is 3.50. The van der Waals surface area contributed by atoms with Crippen molar-refractivity contribution in [3.63, 3.8) is 0 Å². The van der Waals surface area contributed by atoms with Crippen LogP contribution in [0.25, 0.3) is 11.3 Å². The SMILES string of the molecule is c1ccc(-c2csc(N3N=C4c5ccccc5CC[C@H]4[C@@H]3c3cccs3)n2)cc1. The number of fused-ring (bicyclic) bond motifs is 3. The zero-order valence-corrected chi connectivity index (χ0v) is 17.4. The van der Waals surface area contributed by atoms with Crippen LogP contribution in [0.3, 0.4) is 0 Å². The molecule has 2 aliphatic rings. The van der Waals surface area contributed by atoms with Crippen molar-refractivity contribution in [2.45, 2.75) is 18.9 Å². The minimum absolute atomic E-state index is 0.230. The first-order valence-corrected chi connectivity index (χ1v) is 11.6. The minimum atomic E-state index is 0.230. The number of hydrogen-bond donors (Lipinski definition) is 0. The maximum atomic E-state index is 5.17. The van der Waals surface area contributed by atoms with E-state index < -0.39 is 0 Å². The number of hydrazone groups is 1. The van der Waals surface area contributed by atoms with E-state index in [0.29, 0.717) is 5.92 Å². The van der Waals surface area contributed by atoms with Crippen molar-refractivity contribution in [1.29, 1.82) is 0 Å². The Morgan fingerprint density at radius 3 is 2.62 bits per heavy atom. The number of anilines is 1. The normalized spacial score (nSPS) is 20.3. The quantitative estimate of drug-likeness (QED) is 0.389. The average molecular weight is 414 g/mol. The fraction of sp³-hybridized carbons (Fsp3) is 0.167. The summed E-state index contributed by atoms with van der Waals surface area (Å²) in [7, 11) is 0. The van der Waals surface area contributed by atoms with Crippen LogP contribution < -0.4 is 5.01 Å². The minimum Gasteiger partial charge on any atom is -0.230 e. The largest absolute Gasteiger partial charge is 0.230 e.